The van der Waals surface area contributed by atoms with E-state index in [4.69, 9.17) is 0 Å². The number of hydrogen-bond acceptors (Lipinski definition) is 2. The number of hydrogen-bond donors (Lipinski definition) is 2. The lowest BCUT2D eigenvalue weighted by molar-refractivity contribution is -0.120. The third kappa shape index (κ3) is 4.09. The largest absolute Gasteiger partial charge is 0.376 e. The molecule has 0 saturated heterocycles. The molecule has 1 atom stereocenters. The van der Waals surface area contributed by atoms with Crippen molar-refractivity contribution in [2.45, 2.75) is 13.0 Å². The SMILES string of the molecule is CC(NC(=O)CNc1ccc(F)cc1)c1ccccc1. The van der Waals surface area contributed by atoms with Crippen molar-refractivity contribution < 1.29 is 9.18 Å². The van der Waals surface area contributed by atoms with Gasteiger partial charge in [0.15, 0.2) is 0 Å². The molecule has 0 fully saturated rings. The van der Waals surface area contributed by atoms with E-state index in [0.717, 1.165) is 5.56 Å². The minimum Gasteiger partial charge on any atom is -0.376 e. The van der Waals surface area contributed by atoms with Gasteiger partial charge in [-0.1, -0.05) is 30.3 Å². The van der Waals surface area contributed by atoms with Gasteiger partial charge in [-0.3, -0.25) is 4.79 Å². The van der Waals surface area contributed by atoms with Crippen molar-refractivity contribution >= 4 is 11.6 Å². The molecule has 1 unspecified atom stereocenters. The lowest BCUT2D eigenvalue weighted by Crippen LogP contribution is -2.32. The van der Waals surface area contributed by atoms with Gasteiger partial charge in [0.2, 0.25) is 5.91 Å². The maximum atomic E-state index is 12.7. The summed E-state index contributed by atoms with van der Waals surface area (Å²) in [6, 6.07) is 15.6. The van der Waals surface area contributed by atoms with E-state index in [1.54, 1.807) is 12.1 Å². The molecule has 0 aliphatic carbocycles. The number of benzene rings is 2. The molecule has 0 saturated carbocycles. The highest BCUT2D eigenvalue weighted by atomic mass is 19.1. The second kappa shape index (κ2) is 6.70. The van der Waals surface area contributed by atoms with Crippen LogP contribution in [-0.4, -0.2) is 12.5 Å². The molecule has 0 spiro atoms. The van der Waals surface area contributed by atoms with Crippen LogP contribution in [0, 0.1) is 5.82 Å². The molecule has 2 rings (SSSR count). The van der Waals surface area contributed by atoms with Crippen LogP contribution in [0.1, 0.15) is 18.5 Å². The quantitative estimate of drug-likeness (QED) is 0.878. The van der Waals surface area contributed by atoms with Crippen LogP contribution < -0.4 is 10.6 Å². The van der Waals surface area contributed by atoms with Crippen LogP contribution >= 0.6 is 0 Å². The number of rotatable bonds is 5. The highest BCUT2D eigenvalue weighted by Gasteiger charge is 2.08. The highest BCUT2D eigenvalue weighted by Crippen LogP contribution is 2.11. The molecule has 1 amide bonds. The van der Waals surface area contributed by atoms with Gasteiger partial charge in [0.1, 0.15) is 5.82 Å². The molecule has 3 nitrogen and oxygen atoms in total. The zero-order valence-electron chi connectivity index (χ0n) is 11.3. The smallest absolute Gasteiger partial charge is 0.239 e. The lowest BCUT2D eigenvalue weighted by atomic mass is 10.1. The van der Waals surface area contributed by atoms with E-state index in [9.17, 15) is 9.18 Å². The number of anilines is 1. The van der Waals surface area contributed by atoms with Crippen molar-refractivity contribution in [1.82, 2.24) is 5.32 Å². The Labute approximate surface area is 117 Å². The Morgan fingerprint density at radius 1 is 1.10 bits per heavy atom. The molecular weight excluding hydrogens is 255 g/mol. The molecule has 0 aliphatic rings. The first-order valence-electron chi connectivity index (χ1n) is 6.49. The summed E-state index contributed by atoms with van der Waals surface area (Å²) in [6.45, 7) is 2.09. The van der Waals surface area contributed by atoms with Crippen molar-refractivity contribution in [1.29, 1.82) is 0 Å². The normalized spacial score (nSPS) is 11.7. The van der Waals surface area contributed by atoms with Gasteiger partial charge < -0.3 is 10.6 Å². The van der Waals surface area contributed by atoms with Gasteiger partial charge in [-0.25, -0.2) is 4.39 Å². The van der Waals surface area contributed by atoms with E-state index in [-0.39, 0.29) is 24.3 Å². The second-order valence-corrected chi connectivity index (χ2v) is 4.56. The molecule has 2 aromatic carbocycles. The van der Waals surface area contributed by atoms with Gasteiger partial charge in [-0.2, -0.15) is 0 Å². The lowest BCUT2D eigenvalue weighted by Gasteiger charge is -2.15. The maximum absolute atomic E-state index is 12.7. The Morgan fingerprint density at radius 2 is 1.75 bits per heavy atom. The topological polar surface area (TPSA) is 41.1 Å². The molecule has 2 N–H and O–H groups in total. The zero-order chi connectivity index (χ0) is 14.4. The predicted octanol–water partition coefficient (Wildman–Crippen LogP) is 3.12. The van der Waals surface area contributed by atoms with Crippen molar-refractivity contribution in [2.24, 2.45) is 0 Å². The molecule has 20 heavy (non-hydrogen) atoms. The average molecular weight is 272 g/mol. The maximum Gasteiger partial charge on any atom is 0.239 e. The summed E-state index contributed by atoms with van der Waals surface area (Å²) in [4.78, 5) is 11.8. The first-order chi connectivity index (χ1) is 9.65. The standard InChI is InChI=1S/C16H17FN2O/c1-12(13-5-3-2-4-6-13)19-16(20)11-18-15-9-7-14(17)8-10-15/h2-10,12,18H,11H2,1H3,(H,19,20). The summed E-state index contributed by atoms with van der Waals surface area (Å²) in [5, 5.41) is 5.85. The molecular formula is C16H17FN2O. The van der Waals surface area contributed by atoms with Crippen LogP contribution in [0.4, 0.5) is 10.1 Å². The summed E-state index contributed by atoms with van der Waals surface area (Å²) in [5.41, 5.74) is 1.77. The van der Waals surface area contributed by atoms with Crippen molar-refractivity contribution in [3.05, 3.63) is 66.0 Å². The van der Waals surface area contributed by atoms with E-state index >= 15 is 0 Å². The molecule has 0 bridgehead atoms. The van der Waals surface area contributed by atoms with Crippen LogP contribution in [0.25, 0.3) is 0 Å². The number of nitrogens with one attached hydrogen (secondary N) is 2. The van der Waals surface area contributed by atoms with Crippen LogP contribution in [0.3, 0.4) is 0 Å². The Balaban J connectivity index is 1.82. The van der Waals surface area contributed by atoms with E-state index in [1.165, 1.54) is 12.1 Å². The second-order valence-electron chi connectivity index (χ2n) is 4.56. The van der Waals surface area contributed by atoms with Crippen molar-refractivity contribution in [3.63, 3.8) is 0 Å². The van der Waals surface area contributed by atoms with Crippen molar-refractivity contribution in [2.75, 3.05) is 11.9 Å². The highest BCUT2D eigenvalue weighted by molar-refractivity contribution is 5.81. The Kier molecular flexibility index (Phi) is 4.71. The van der Waals surface area contributed by atoms with E-state index in [0.29, 0.717) is 5.69 Å². The van der Waals surface area contributed by atoms with Crippen LogP contribution in [0.15, 0.2) is 54.6 Å². The molecule has 0 heterocycles. The summed E-state index contributed by atoms with van der Waals surface area (Å²) >= 11 is 0. The number of halogens is 1. The minimum absolute atomic E-state index is 0.0429. The molecule has 4 heteroatoms. The van der Waals surface area contributed by atoms with Crippen molar-refractivity contribution in [3.8, 4) is 0 Å². The monoisotopic (exact) mass is 272 g/mol. The van der Waals surface area contributed by atoms with Crippen LogP contribution in [-0.2, 0) is 4.79 Å². The van der Waals surface area contributed by atoms with Gasteiger partial charge in [0.25, 0.3) is 0 Å². The fourth-order valence-electron chi connectivity index (χ4n) is 1.87. The van der Waals surface area contributed by atoms with E-state index < -0.39 is 0 Å². The molecule has 2 aromatic rings. The zero-order valence-corrected chi connectivity index (χ0v) is 11.3. The fourth-order valence-corrected chi connectivity index (χ4v) is 1.87. The Hall–Kier alpha value is -2.36. The first-order valence-corrected chi connectivity index (χ1v) is 6.49. The van der Waals surface area contributed by atoms with Gasteiger partial charge in [-0.05, 0) is 36.8 Å². The first kappa shape index (κ1) is 14.1. The van der Waals surface area contributed by atoms with Gasteiger partial charge in [-0.15, -0.1) is 0 Å². The Morgan fingerprint density at radius 3 is 2.40 bits per heavy atom. The minimum atomic E-state index is -0.294. The number of carbonyl (C=O) groups is 1. The van der Waals surface area contributed by atoms with E-state index in [1.807, 2.05) is 37.3 Å². The molecule has 0 aromatic heterocycles. The predicted molar refractivity (Wildman–Crippen MR) is 77.9 cm³/mol. The van der Waals surface area contributed by atoms with Crippen LogP contribution in [0.5, 0.6) is 0 Å². The number of carbonyl (C=O) groups excluding carboxylic acids is 1. The van der Waals surface area contributed by atoms with Gasteiger partial charge >= 0.3 is 0 Å². The molecule has 104 valence electrons. The van der Waals surface area contributed by atoms with E-state index in [2.05, 4.69) is 10.6 Å². The van der Waals surface area contributed by atoms with Gasteiger partial charge in [0.05, 0.1) is 12.6 Å². The molecule has 0 aliphatic heterocycles. The third-order valence-corrected chi connectivity index (χ3v) is 2.97. The summed E-state index contributed by atoms with van der Waals surface area (Å²) in [7, 11) is 0. The average Bonchev–Trinajstić information content (AvgIpc) is 2.47. The van der Waals surface area contributed by atoms with Crippen LogP contribution in [0.2, 0.25) is 0 Å². The third-order valence-electron chi connectivity index (χ3n) is 2.97. The number of amides is 1. The summed E-state index contributed by atoms with van der Waals surface area (Å²) < 4.78 is 12.7. The molecule has 0 radical (unpaired) electrons. The summed E-state index contributed by atoms with van der Waals surface area (Å²) in [6.07, 6.45) is 0. The summed E-state index contributed by atoms with van der Waals surface area (Å²) in [5.74, 6) is -0.400. The Bertz CT molecular complexity index is 554. The van der Waals surface area contributed by atoms with Gasteiger partial charge in [0, 0.05) is 5.69 Å². The fraction of sp³-hybridized carbons (Fsp3) is 0.188.